The molecule has 1 heterocycles. The van der Waals surface area contributed by atoms with Gasteiger partial charge in [0, 0.05) is 12.4 Å². The fourth-order valence-corrected chi connectivity index (χ4v) is 1.13. The zero-order valence-electron chi connectivity index (χ0n) is 8.00. The van der Waals surface area contributed by atoms with Gasteiger partial charge in [-0.15, -0.1) is 0 Å². The molecule has 4 heteroatoms. The molecule has 0 saturated carbocycles. The van der Waals surface area contributed by atoms with Crippen LogP contribution in [0.3, 0.4) is 0 Å². The molecule has 4 nitrogen and oxygen atoms in total. The van der Waals surface area contributed by atoms with Gasteiger partial charge in [-0.25, -0.2) is 9.97 Å². The van der Waals surface area contributed by atoms with E-state index >= 15 is 0 Å². The van der Waals surface area contributed by atoms with Gasteiger partial charge < -0.3 is 9.84 Å². The van der Waals surface area contributed by atoms with Crippen molar-refractivity contribution < 1.29 is 9.84 Å². The number of nitrogens with zero attached hydrogens (tertiary/aromatic N) is 2. The van der Waals surface area contributed by atoms with Gasteiger partial charge in [0.2, 0.25) is 0 Å². The Kier molecular flexibility index (Phi) is 2.78. The first-order valence-electron chi connectivity index (χ1n) is 4.53. The summed E-state index contributed by atoms with van der Waals surface area (Å²) in [6.07, 6.45) is 3.30. The average Bonchev–Trinajstić information content (AvgIpc) is 2.29. The number of phenols is 1. The maximum absolute atomic E-state index is 9.42. The number of hydrogen-bond acceptors (Lipinski definition) is 4. The van der Waals surface area contributed by atoms with Crippen LogP contribution in [0.2, 0.25) is 0 Å². The third-order valence-electron chi connectivity index (χ3n) is 1.84. The van der Waals surface area contributed by atoms with E-state index in [1.807, 2.05) is 0 Å². The van der Waals surface area contributed by atoms with E-state index in [0.29, 0.717) is 11.6 Å². The molecule has 0 unspecified atom stereocenters. The van der Waals surface area contributed by atoms with Gasteiger partial charge in [-0.1, -0.05) is 12.1 Å². The van der Waals surface area contributed by atoms with E-state index < -0.39 is 0 Å². The normalized spacial score (nSPS) is 9.87. The van der Waals surface area contributed by atoms with E-state index in [4.69, 9.17) is 4.74 Å². The Balaban J connectivity index is 2.03. The summed E-state index contributed by atoms with van der Waals surface area (Å²) in [5.74, 6) is 1.14. The molecule has 0 spiro atoms. The minimum atomic E-state index is 0.119. The molecule has 2 aromatic rings. The van der Waals surface area contributed by atoms with Crippen LogP contribution >= 0.6 is 0 Å². The largest absolute Gasteiger partial charge is 0.504 e. The first kappa shape index (κ1) is 9.45. The highest BCUT2D eigenvalue weighted by molar-refractivity contribution is 5.37. The smallest absolute Gasteiger partial charge is 0.166 e. The van der Waals surface area contributed by atoms with Crippen LogP contribution in [0, 0.1) is 0 Å². The van der Waals surface area contributed by atoms with E-state index in [9.17, 15) is 5.11 Å². The molecule has 0 saturated heterocycles. The summed E-state index contributed by atoms with van der Waals surface area (Å²) in [6.45, 7) is 0.248. The van der Waals surface area contributed by atoms with Crippen molar-refractivity contribution in [1.29, 1.82) is 0 Å². The number of aromatic hydroxyl groups is 1. The van der Waals surface area contributed by atoms with Crippen LogP contribution in [0.25, 0.3) is 0 Å². The summed E-state index contributed by atoms with van der Waals surface area (Å²) in [5.41, 5.74) is 0. The van der Waals surface area contributed by atoms with Gasteiger partial charge in [-0.05, 0) is 18.2 Å². The fourth-order valence-electron chi connectivity index (χ4n) is 1.13. The number of rotatable bonds is 3. The van der Waals surface area contributed by atoms with Crippen LogP contribution in [0.5, 0.6) is 11.5 Å². The van der Waals surface area contributed by atoms with Gasteiger partial charge in [0.05, 0.1) is 0 Å². The average molecular weight is 202 g/mol. The summed E-state index contributed by atoms with van der Waals surface area (Å²) in [7, 11) is 0. The van der Waals surface area contributed by atoms with Crippen molar-refractivity contribution in [3.8, 4) is 11.5 Å². The van der Waals surface area contributed by atoms with Gasteiger partial charge in [-0.2, -0.15) is 0 Å². The quantitative estimate of drug-likeness (QED) is 0.823. The second kappa shape index (κ2) is 4.41. The van der Waals surface area contributed by atoms with Crippen LogP contribution in [-0.2, 0) is 6.61 Å². The zero-order valence-corrected chi connectivity index (χ0v) is 8.00. The predicted molar refractivity (Wildman–Crippen MR) is 54.5 cm³/mol. The number of aromatic nitrogens is 2. The number of benzene rings is 1. The van der Waals surface area contributed by atoms with Gasteiger partial charge in [0.15, 0.2) is 17.3 Å². The van der Waals surface area contributed by atoms with Gasteiger partial charge >= 0.3 is 0 Å². The Hall–Kier alpha value is -2.10. The molecule has 0 aliphatic carbocycles. The Morgan fingerprint density at radius 2 is 1.80 bits per heavy atom. The molecule has 0 aliphatic rings. The second-order valence-corrected chi connectivity index (χ2v) is 2.92. The molecule has 0 amide bonds. The molecular formula is C11H10N2O2. The number of para-hydroxylation sites is 2. The lowest BCUT2D eigenvalue weighted by atomic mass is 10.3. The van der Waals surface area contributed by atoms with E-state index in [0.717, 1.165) is 0 Å². The Bertz CT molecular complexity index is 432. The Morgan fingerprint density at radius 3 is 2.53 bits per heavy atom. The maximum Gasteiger partial charge on any atom is 0.166 e. The summed E-state index contributed by atoms with van der Waals surface area (Å²) >= 11 is 0. The van der Waals surface area contributed by atoms with Crippen LogP contribution in [0.4, 0.5) is 0 Å². The van der Waals surface area contributed by atoms with E-state index in [-0.39, 0.29) is 12.4 Å². The van der Waals surface area contributed by atoms with Crippen molar-refractivity contribution >= 4 is 0 Å². The molecule has 15 heavy (non-hydrogen) atoms. The number of phenolic OH excluding ortho intramolecular Hbond substituents is 1. The predicted octanol–water partition coefficient (Wildman–Crippen LogP) is 1.76. The lowest BCUT2D eigenvalue weighted by molar-refractivity contribution is 0.280. The molecule has 0 atom stereocenters. The van der Waals surface area contributed by atoms with Crippen molar-refractivity contribution in [2.45, 2.75) is 6.61 Å². The van der Waals surface area contributed by atoms with Gasteiger partial charge in [-0.3, -0.25) is 0 Å². The van der Waals surface area contributed by atoms with Gasteiger partial charge in [0.1, 0.15) is 6.61 Å². The molecule has 0 radical (unpaired) electrons. The highest BCUT2D eigenvalue weighted by Gasteiger charge is 2.01. The van der Waals surface area contributed by atoms with E-state index in [1.54, 1.807) is 42.7 Å². The number of hydrogen-bond donors (Lipinski definition) is 1. The van der Waals surface area contributed by atoms with Crippen molar-refractivity contribution in [3.05, 3.63) is 48.5 Å². The van der Waals surface area contributed by atoms with Crippen LogP contribution in [0.15, 0.2) is 42.7 Å². The molecule has 2 rings (SSSR count). The van der Waals surface area contributed by atoms with E-state index in [2.05, 4.69) is 9.97 Å². The third-order valence-corrected chi connectivity index (χ3v) is 1.84. The minimum absolute atomic E-state index is 0.119. The van der Waals surface area contributed by atoms with Gasteiger partial charge in [0.25, 0.3) is 0 Å². The monoisotopic (exact) mass is 202 g/mol. The third kappa shape index (κ3) is 2.43. The molecule has 1 N–H and O–H groups in total. The summed E-state index contributed by atoms with van der Waals surface area (Å²) in [4.78, 5) is 8.01. The molecule has 0 aliphatic heterocycles. The minimum Gasteiger partial charge on any atom is -0.504 e. The van der Waals surface area contributed by atoms with Crippen molar-refractivity contribution in [2.24, 2.45) is 0 Å². The standard InChI is InChI=1S/C11H10N2O2/c14-9-4-1-2-5-10(9)15-8-11-12-6-3-7-13-11/h1-7,14H,8H2. The summed E-state index contributed by atoms with van der Waals surface area (Å²) in [5, 5.41) is 9.42. The first-order chi connectivity index (χ1) is 7.36. The number of ether oxygens (including phenoxy) is 1. The highest BCUT2D eigenvalue weighted by Crippen LogP contribution is 2.24. The molecule has 76 valence electrons. The SMILES string of the molecule is Oc1ccccc1OCc1ncccn1. The van der Waals surface area contributed by atoms with Crippen LogP contribution < -0.4 is 4.74 Å². The van der Waals surface area contributed by atoms with E-state index in [1.165, 1.54) is 0 Å². The fraction of sp³-hybridized carbons (Fsp3) is 0.0909. The van der Waals surface area contributed by atoms with Crippen molar-refractivity contribution in [3.63, 3.8) is 0 Å². The zero-order chi connectivity index (χ0) is 10.5. The second-order valence-electron chi connectivity index (χ2n) is 2.92. The Labute approximate surface area is 87.2 Å². The first-order valence-corrected chi connectivity index (χ1v) is 4.53. The summed E-state index contributed by atoms with van der Waals surface area (Å²) in [6, 6.07) is 8.53. The molecular weight excluding hydrogens is 192 g/mol. The molecule has 0 bridgehead atoms. The lowest BCUT2D eigenvalue weighted by Gasteiger charge is -2.05. The van der Waals surface area contributed by atoms with Crippen molar-refractivity contribution in [2.75, 3.05) is 0 Å². The molecule has 1 aromatic carbocycles. The van der Waals surface area contributed by atoms with Crippen LogP contribution in [-0.4, -0.2) is 15.1 Å². The Morgan fingerprint density at radius 1 is 1.07 bits per heavy atom. The van der Waals surface area contributed by atoms with Crippen molar-refractivity contribution in [1.82, 2.24) is 9.97 Å². The van der Waals surface area contributed by atoms with Crippen LogP contribution in [0.1, 0.15) is 5.82 Å². The lowest BCUT2D eigenvalue weighted by Crippen LogP contribution is -2.00. The highest BCUT2D eigenvalue weighted by atomic mass is 16.5. The topological polar surface area (TPSA) is 55.2 Å². The maximum atomic E-state index is 9.42. The molecule has 0 fully saturated rings. The molecule has 1 aromatic heterocycles. The summed E-state index contributed by atoms with van der Waals surface area (Å²) < 4.78 is 5.35.